The van der Waals surface area contributed by atoms with Crippen molar-refractivity contribution in [2.24, 2.45) is 5.14 Å². The standard InChI is InChI=1S/C13H15BrN2O2S2/c1-9(16-8-13-12(14)5-6-19-13)10-3-2-4-11(7-10)20(15,17)18/h2-7,9,16H,8H2,1H3,(H2,15,17,18). The minimum absolute atomic E-state index is 0.0331. The van der Waals surface area contributed by atoms with E-state index in [0.717, 1.165) is 16.6 Å². The van der Waals surface area contributed by atoms with Crippen molar-refractivity contribution in [2.75, 3.05) is 0 Å². The average Bonchev–Trinajstić information content (AvgIpc) is 2.81. The van der Waals surface area contributed by atoms with Crippen molar-refractivity contribution in [1.82, 2.24) is 5.32 Å². The van der Waals surface area contributed by atoms with E-state index >= 15 is 0 Å². The van der Waals surface area contributed by atoms with E-state index in [-0.39, 0.29) is 10.9 Å². The lowest BCUT2D eigenvalue weighted by atomic mass is 10.1. The Kier molecular flexibility index (Phi) is 4.98. The zero-order valence-electron chi connectivity index (χ0n) is 10.8. The van der Waals surface area contributed by atoms with Crippen LogP contribution in [0.4, 0.5) is 0 Å². The Bertz CT molecular complexity index is 698. The van der Waals surface area contributed by atoms with E-state index < -0.39 is 10.0 Å². The van der Waals surface area contributed by atoms with Crippen LogP contribution in [0.25, 0.3) is 0 Å². The zero-order chi connectivity index (χ0) is 14.8. The summed E-state index contributed by atoms with van der Waals surface area (Å²) in [4.78, 5) is 1.35. The molecule has 0 radical (unpaired) electrons. The first kappa shape index (κ1) is 15.7. The Morgan fingerprint density at radius 2 is 2.15 bits per heavy atom. The number of hydrogen-bond donors (Lipinski definition) is 2. The highest BCUT2D eigenvalue weighted by molar-refractivity contribution is 9.10. The van der Waals surface area contributed by atoms with Crippen molar-refractivity contribution in [3.05, 3.63) is 50.6 Å². The minimum atomic E-state index is -3.66. The summed E-state index contributed by atoms with van der Waals surface area (Å²) in [5.74, 6) is 0. The maximum absolute atomic E-state index is 11.3. The van der Waals surface area contributed by atoms with Crippen LogP contribution in [-0.4, -0.2) is 8.42 Å². The maximum Gasteiger partial charge on any atom is 0.238 e. The summed E-state index contributed by atoms with van der Waals surface area (Å²) >= 11 is 5.15. The van der Waals surface area contributed by atoms with E-state index in [0.29, 0.717) is 0 Å². The summed E-state index contributed by atoms with van der Waals surface area (Å²) in [6.07, 6.45) is 0. The summed E-state index contributed by atoms with van der Waals surface area (Å²) < 4.78 is 23.8. The van der Waals surface area contributed by atoms with Crippen LogP contribution in [0.3, 0.4) is 0 Å². The van der Waals surface area contributed by atoms with E-state index in [1.165, 1.54) is 10.9 Å². The number of benzene rings is 1. The first-order valence-electron chi connectivity index (χ1n) is 5.96. The molecule has 3 N–H and O–H groups in total. The fourth-order valence-corrected chi connectivity index (χ4v) is 3.79. The lowest BCUT2D eigenvalue weighted by molar-refractivity contribution is 0.575. The van der Waals surface area contributed by atoms with Gasteiger partial charge in [0.05, 0.1) is 4.90 Å². The van der Waals surface area contributed by atoms with Gasteiger partial charge in [-0.2, -0.15) is 0 Å². The predicted octanol–water partition coefficient (Wildman–Crippen LogP) is 3.01. The van der Waals surface area contributed by atoms with E-state index in [2.05, 4.69) is 21.2 Å². The van der Waals surface area contributed by atoms with Crippen molar-refractivity contribution >= 4 is 37.3 Å². The molecule has 0 aliphatic rings. The summed E-state index contributed by atoms with van der Waals surface area (Å²) in [6, 6.07) is 8.74. The number of halogens is 1. The number of primary sulfonamides is 1. The molecule has 108 valence electrons. The third-order valence-corrected chi connectivity index (χ3v) is 5.78. The van der Waals surface area contributed by atoms with Crippen LogP contribution in [0.2, 0.25) is 0 Å². The van der Waals surface area contributed by atoms with Crippen LogP contribution in [0.15, 0.2) is 45.1 Å². The highest BCUT2D eigenvalue weighted by Crippen LogP contribution is 2.24. The molecular weight excluding hydrogens is 360 g/mol. The molecular formula is C13H15BrN2O2S2. The summed E-state index contributed by atoms with van der Waals surface area (Å²) in [7, 11) is -3.66. The topological polar surface area (TPSA) is 72.2 Å². The van der Waals surface area contributed by atoms with Gasteiger partial charge in [-0.15, -0.1) is 11.3 Å². The fourth-order valence-electron chi connectivity index (χ4n) is 1.78. The number of nitrogens with one attached hydrogen (secondary N) is 1. The Labute approximate surface area is 131 Å². The molecule has 0 aliphatic heterocycles. The molecule has 1 aromatic heterocycles. The van der Waals surface area contributed by atoms with E-state index in [9.17, 15) is 8.42 Å². The van der Waals surface area contributed by atoms with E-state index in [1.54, 1.807) is 23.5 Å². The molecule has 1 atom stereocenters. The molecule has 0 spiro atoms. The van der Waals surface area contributed by atoms with Crippen molar-refractivity contribution in [3.8, 4) is 0 Å². The molecule has 7 heteroatoms. The molecule has 2 rings (SSSR count). The van der Waals surface area contributed by atoms with Crippen LogP contribution in [-0.2, 0) is 16.6 Å². The summed E-state index contributed by atoms with van der Waals surface area (Å²) in [6.45, 7) is 2.71. The number of thiophene rings is 1. The first-order valence-corrected chi connectivity index (χ1v) is 9.18. The lowest BCUT2D eigenvalue weighted by Crippen LogP contribution is -2.19. The average molecular weight is 375 g/mol. The highest BCUT2D eigenvalue weighted by atomic mass is 79.9. The molecule has 1 aromatic carbocycles. The maximum atomic E-state index is 11.3. The fraction of sp³-hybridized carbons (Fsp3) is 0.231. The predicted molar refractivity (Wildman–Crippen MR) is 85.1 cm³/mol. The lowest BCUT2D eigenvalue weighted by Gasteiger charge is -2.14. The van der Waals surface area contributed by atoms with Gasteiger partial charge in [0.25, 0.3) is 0 Å². The van der Waals surface area contributed by atoms with Crippen LogP contribution in [0, 0.1) is 0 Å². The largest absolute Gasteiger partial charge is 0.305 e. The molecule has 0 aliphatic carbocycles. The van der Waals surface area contributed by atoms with E-state index in [1.807, 2.05) is 24.4 Å². The molecule has 0 saturated carbocycles. The zero-order valence-corrected chi connectivity index (χ0v) is 14.1. The monoisotopic (exact) mass is 374 g/mol. The third-order valence-electron chi connectivity index (χ3n) is 2.95. The second kappa shape index (κ2) is 6.36. The molecule has 20 heavy (non-hydrogen) atoms. The van der Waals surface area contributed by atoms with Gasteiger partial charge in [-0.25, -0.2) is 13.6 Å². The molecule has 1 heterocycles. The molecule has 0 amide bonds. The van der Waals surface area contributed by atoms with Crippen molar-refractivity contribution < 1.29 is 8.42 Å². The molecule has 0 fully saturated rings. The van der Waals surface area contributed by atoms with Gasteiger partial charge < -0.3 is 5.32 Å². The van der Waals surface area contributed by atoms with Crippen LogP contribution >= 0.6 is 27.3 Å². The Balaban J connectivity index is 2.10. The number of sulfonamides is 1. The van der Waals surface area contributed by atoms with Gasteiger partial charge in [0.1, 0.15) is 0 Å². The smallest absolute Gasteiger partial charge is 0.238 e. The Hall–Kier alpha value is -0.730. The third kappa shape index (κ3) is 3.89. The Morgan fingerprint density at radius 3 is 2.75 bits per heavy atom. The molecule has 0 bridgehead atoms. The van der Waals surface area contributed by atoms with Gasteiger partial charge in [-0.1, -0.05) is 12.1 Å². The van der Waals surface area contributed by atoms with Gasteiger partial charge in [0, 0.05) is 21.9 Å². The van der Waals surface area contributed by atoms with Crippen molar-refractivity contribution in [1.29, 1.82) is 0 Å². The molecule has 1 unspecified atom stereocenters. The van der Waals surface area contributed by atoms with Crippen LogP contribution in [0.1, 0.15) is 23.4 Å². The summed E-state index contributed by atoms with van der Waals surface area (Å²) in [5.41, 5.74) is 0.893. The number of hydrogen-bond acceptors (Lipinski definition) is 4. The first-order chi connectivity index (χ1) is 9.38. The number of nitrogens with two attached hydrogens (primary N) is 1. The highest BCUT2D eigenvalue weighted by Gasteiger charge is 2.12. The van der Waals surface area contributed by atoms with Gasteiger partial charge in [0.2, 0.25) is 10.0 Å². The van der Waals surface area contributed by atoms with Crippen LogP contribution in [0.5, 0.6) is 0 Å². The second-order valence-corrected chi connectivity index (χ2v) is 7.83. The SMILES string of the molecule is CC(NCc1sccc1Br)c1cccc(S(N)(=O)=O)c1. The van der Waals surface area contributed by atoms with Crippen molar-refractivity contribution in [2.45, 2.75) is 24.4 Å². The van der Waals surface area contributed by atoms with Crippen LogP contribution < -0.4 is 10.5 Å². The molecule has 0 saturated heterocycles. The van der Waals surface area contributed by atoms with Crippen molar-refractivity contribution in [3.63, 3.8) is 0 Å². The minimum Gasteiger partial charge on any atom is -0.305 e. The van der Waals surface area contributed by atoms with Gasteiger partial charge in [0.15, 0.2) is 0 Å². The van der Waals surface area contributed by atoms with Gasteiger partial charge >= 0.3 is 0 Å². The summed E-state index contributed by atoms with van der Waals surface area (Å²) in [5, 5.41) is 10.5. The number of rotatable bonds is 5. The van der Waals surface area contributed by atoms with Gasteiger partial charge in [-0.05, 0) is 52.0 Å². The van der Waals surface area contributed by atoms with Gasteiger partial charge in [-0.3, -0.25) is 0 Å². The normalized spacial score (nSPS) is 13.3. The second-order valence-electron chi connectivity index (χ2n) is 4.41. The molecule has 2 aromatic rings. The van der Waals surface area contributed by atoms with E-state index in [4.69, 9.17) is 5.14 Å². The Morgan fingerprint density at radius 1 is 1.40 bits per heavy atom. The molecule has 4 nitrogen and oxygen atoms in total. The quantitative estimate of drug-likeness (QED) is 0.844.